The molecule has 0 amide bonds. The summed E-state index contributed by atoms with van der Waals surface area (Å²) in [4.78, 5) is 17.7. The predicted molar refractivity (Wildman–Crippen MR) is 75.4 cm³/mol. The van der Waals surface area contributed by atoms with Gasteiger partial charge < -0.3 is 9.63 Å². The van der Waals surface area contributed by atoms with E-state index in [1.165, 1.54) is 0 Å². The van der Waals surface area contributed by atoms with E-state index in [0.29, 0.717) is 31.2 Å². The largest absolute Gasteiger partial charge is 0.481 e. The summed E-state index contributed by atoms with van der Waals surface area (Å²) in [5.74, 6) is 0.331. The molecule has 1 aliphatic rings. The molecule has 3 rings (SSSR count). The van der Waals surface area contributed by atoms with Crippen molar-refractivity contribution in [2.45, 2.75) is 19.9 Å². The van der Waals surface area contributed by atoms with Crippen LogP contribution in [0.4, 0.5) is 0 Å². The SMILES string of the molecule is CC1(C(=O)O)CCN(Cc2noc(-c3ccccc3)n2)C1. The van der Waals surface area contributed by atoms with E-state index in [4.69, 9.17) is 4.52 Å². The highest BCUT2D eigenvalue weighted by molar-refractivity contribution is 5.74. The maximum absolute atomic E-state index is 11.2. The number of hydrogen-bond donors (Lipinski definition) is 1. The minimum Gasteiger partial charge on any atom is -0.481 e. The number of hydrogen-bond acceptors (Lipinski definition) is 5. The first kappa shape index (κ1) is 13.8. The van der Waals surface area contributed by atoms with Crippen LogP contribution in [0.3, 0.4) is 0 Å². The standard InChI is InChI=1S/C15H17N3O3/c1-15(14(19)20)7-8-18(10-15)9-12-16-13(21-17-12)11-5-3-2-4-6-11/h2-6H,7-10H2,1H3,(H,19,20). The molecule has 1 N–H and O–H groups in total. The van der Waals surface area contributed by atoms with Gasteiger partial charge in [0.25, 0.3) is 5.89 Å². The lowest BCUT2D eigenvalue weighted by Crippen LogP contribution is -2.31. The third-order valence-corrected chi connectivity index (χ3v) is 3.92. The molecular weight excluding hydrogens is 270 g/mol. The number of nitrogens with zero attached hydrogens (tertiary/aromatic N) is 3. The Morgan fingerprint density at radius 1 is 1.43 bits per heavy atom. The molecule has 1 fully saturated rings. The lowest BCUT2D eigenvalue weighted by Gasteiger charge is -2.18. The first-order valence-electron chi connectivity index (χ1n) is 6.91. The molecule has 6 heteroatoms. The minimum atomic E-state index is -0.747. The number of aliphatic carboxylic acids is 1. The van der Waals surface area contributed by atoms with Gasteiger partial charge >= 0.3 is 5.97 Å². The van der Waals surface area contributed by atoms with Gasteiger partial charge in [-0.25, -0.2) is 0 Å². The first-order valence-corrected chi connectivity index (χ1v) is 6.91. The summed E-state index contributed by atoms with van der Waals surface area (Å²) >= 11 is 0. The van der Waals surface area contributed by atoms with E-state index in [0.717, 1.165) is 12.1 Å². The van der Waals surface area contributed by atoms with Crippen molar-refractivity contribution in [3.05, 3.63) is 36.2 Å². The number of likely N-dealkylation sites (tertiary alicyclic amines) is 1. The average Bonchev–Trinajstić information content (AvgIpc) is 3.08. The van der Waals surface area contributed by atoms with E-state index < -0.39 is 11.4 Å². The third kappa shape index (κ3) is 2.80. The Morgan fingerprint density at radius 2 is 2.19 bits per heavy atom. The van der Waals surface area contributed by atoms with Crippen LogP contribution in [-0.2, 0) is 11.3 Å². The van der Waals surface area contributed by atoms with Gasteiger partial charge in [0.15, 0.2) is 5.82 Å². The zero-order valence-electron chi connectivity index (χ0n) is 11.8. The Balaban J connectivity index is 1.68. The van der Waals surface area contributed by atoms with E-state index >= 15 is 0 Å². The Bertz CT molecular complexity index is 641. The van der Waals surface area contributed by atoms with Gasteiger partial charge in [-0.05, 0) is 32.0 Å². The predicted octanol–water partition coefficient (Wildman–Crippen LogP) is 2.03. The fourth-order valence-corrected chi connectivity index (χ4v) is 2.58. The number of aromatic nitrogens is 2. The molecular formula is C15H17N3O3. The van der Waals surface area contributed by atoms with E-state index in [9.17, 15) is 9.90 Å². The summed E-state index contributed by atoms with van der Waals surface area (Å²) in [6.07, 6.45) is 0.645. The minimum absolute atomic E-state index is 0.491. The van der Waals surface area contributed by atoms with Crippen LogP contribution < -0.4 is 0 Å². The lowest BCUT2D eigenvalue weighted by molar-refractivity contribution is -0.147. The summed E-state index contributed by atoms with van der Waals surface area (Å²) in [5.41, 5.74) is 0.208. The lowest BCUT2D eigenvalue weighted by atomic mass is 9.90. The number of carbonyl (C=O) groups is 1. The summed E-state index contributed by atoms with van der Waals surface area (Å²) in [6.45, 7) is 3.54. The molecule has 1 saturated heterocycles. The maximum Gasteiger partial charge on any atom is 0.310 e. The average molecular weight is 287 g/mol. The number of benzene rings is 1. The maximum atomic E-state index is 11.2. The third-order valence-electron chi connectivity index (χ3n) is 3.92. The van der Waals surface area contributed by atoms with Crippen molar-refractivity contribution in [3.63, 3.8) is 0 Å². The Morgan fingerprint density at radius 3 is 2.86 bits per heavy atom. The van der Waals surface area contributed by atoms with E-state index in [-0.39, 0.29) is 0 Å². The molecule has 6 nitrogen and oxygen atoms in total. The molecule has 2 aromatic rings. The molecule has 0 radical (unpaired) electrons. The van der Waals surface area contributed by atoms with Crippen LogP contribution in [-0.4, -0.2) is 39.2 Å². The molecule has 0 spiro atoms. The van der Waals surface area contributed by atoms with Gasteiger partial charge in [0.05, 0.1) is 12.0 Å². The first-order chi connectivity index (χ1) is 10.1. The van der Waals surface area contributed by atoms with Crippen LogP contribution >= 0.6 is 0 Å². The van der Waals surface area contributed by atoms with Crippen LogP contribution in [0.2, 0.25) is 0 Å². The molecule has 0 aliphatic carbocycles. The second-order valence-corrected chi connectivity index (χ2v) is 5.71. The molecule has 1 aliphatic heterocycles. The molecule has 0 saturated carbocycles. The highest BCUT2D eigenvalue weighted by atomic mass is 16.5. The summed E-state index contributed by atoms with van der Waals surface area (Å²) in [5, 5.41) is 13.2. The molecule has 1 aromatic carbocycles. The van der Waals surface area contributed by atoms with Gasteiger partial charge in [-0.3, -0.25) is 9.69 Å². The molecule has 110 valence electrons. The number of carboxylic acid groups (broad SMARTS) is 1. The van der Waals surface area contributed by atoms with Crippen LogP contribution in [0, 0.1) is 5.41 Å². The number of carboxylic acids is 1. The molecule has 1 atom stereocenters. The van der Waals surface area contributed by atoms with Gasteiger partial charge in [0.1, 0.15) is 0 Å². The van der Waals surface area contributed by atoms with E-state index in [2.05, 4.69) is 10.1 Å². The summed E-state index contributed by atoms with van der Waals surface area (Å²) < 4.78 is 5.26. The number of rotatable bonds is 4. The van der Waals surface area contributed by atoms with Crippen LogP contribution in [0.15, 0.2) is 34.9 Å². The van der Waals surface area contributed by atoms with Crippen LogP contribution in [0.5, 0.6) is 0 Å². The summed E-state index contributed by atoms with van der Waals surface area (Å²) in [6, 6.07) is 9.58. The van der Waals surface area contributed by atoms with Gasteiger partial charge in [-0.15, -0.1) is 0 Å². The highest BCUT2D eigenvalue weighted by Crippen LogP contribution is 2.30. The van der Waals surface area contributed by atoms with Crippen LogP contribution in [0.25, 0.3) is 11.5 Å². The van der Waals surface area contributed by atoms with Gasteiger partial charge in [-0.1, -0.05) is 23.4 Å². The van der Waals surface area contributed by atoms with Gasteiger partial charge in [-0.2, -0.15) is 4.98 Å². The zero-order chi connectivity index (χ0) is 14.9. The fraction of sp³-hybridized carbons (Fsp3) is 0.400. The normalized spacial score (nSPS) is 22.5. The van der Waals surface area contributed by atoms with Crippen molar-refractivity contribution >= 4 is 5.97 Å². The molecule has 1 aromatic heterocycles. The molecule has 21 heavy (non-hydrogen) atoms. The Labute approximate surface area is 122 Å². The molecule has 0 bridgehead atoms. The quantitative estimate of drug-likeness (QED) is 0.927. The molecule has 2 heterocycles. The fourth-order valence-electron chi connectivity index (χ4n) is 2.58. The van der Waals surface area contributed by atoms with Crippen molar-refractivity contribution in [3.8, 4) is 11.5 Å². The van der Waals surface area contributed by atoms with Gasteiger partial charge in [0.2, 0.25) is 0 Å². The topological polar surface area (TPSA) is 79.5 Å². The van der Waals surface area contributed by atoms with Crippen molar-refractivity contribution in [2.75, 3.05) is 13.1 Å². The van der Waals surface area contributed by atoms with E-state index in [1.54, 1.807) is 6.92 Å². The van der Waals surface area contributed by atoms with Crippen molar-refractivity contribution in [2.24, 2.45) is 5.41 Å². The smallest absolute Gasteiger partial charge is 0.310 e. The Kier molecular flexibility index (Phi) is 3.47. The Hall–Kier alpha value is -2.21. The van der Waals surface area contributed by atoms with Crippen molar-refractivity contribution in [1.29, 1.82) is 0 Å². The van der Waals surface area contributed by atoms with Crippen LogP contribution in [0.1, 0.15) is 19.2 Å². The van der Waals surface area contributed by atoms with Crippen molar-refractivity contribution < 1.29 is 14.4 Å². The second-order valence-electron chi connectivity index (χ2n) is 5.71. The molecule has 1 unspecified atom stereocenters. The zero-order valence-corrected chi connectivity index (χ0v) is 11.8. The van der Waals surface area contributed by atoms with Crippen molar-refractivity contribution in [1.82, 2.24) is 15.0 Å². The van der Waals surface area contributed by atoms with E-state index in [1.807, 2.05) is 35.2 Å². The second kappa shape index (κ2) is 5.29. The monoisotopic (exact) mass is 287 g/mol. The highest BCUT2D eigenvalue weighted by Gasteiger charge is 2.40. The van der Waals surface area contributed by atoms with Gasteiger partial charge in [0, 0.05) is 12.1 Å². The summed E-state index contributed by atoms with van der Waals surface area (Å²) in [7, 11) is 0.